The first-order valence-corrected chi connectivity index (χ1v) is 10.7. The largest absolute Gasteiger partial charge is 0.331 e. The molecule has 1 atom stereocenters. The molecular formula is C26H27N3. The van der Waals surface area contributed by atoms with Crippen LogP contribution >= 0.6 is 0 Å². The van der Waals surface area contributed by atoms with Crippen molar-refractivity contribution in [3.8, 4) is 0 Å². The van der Waals surface area contributed by atoms with Crippen LogP contribution in [0, 0.1) is 5.92 Å². The van der Waals surface area contributed by atoms with Gasteiger partial charge in [-0.15, -0.1) is 0 Å². The fourth-order valence-corrected chi connectivity index (χ4v) is 4.53. The van der Waals surface area contributed by atoms with E-state index in [2.05, 4.69) is 73.2 Å². The third-order valence-electron chi connectivity index (χ3n) is 6.38. The predicted octanol–water partition coefficient (Wildman–Crippen LogP) is 5.89. The van der Waals surface area contributed by atoms with Crippen molar-refractivity contribution in [2.24, 2.45) is 13.0 Å². The van der Waals surface area contributed by atoms with Gasteiger partial charge in [-0.1, -0.05) is 55.8 Å². The van der Waals surface area contributed by atoms with E-state index in [0.29, 0.717) is 5.92 Å². The zero-order chi connectivity index (χ0) is 19.8. The Morgan fingerprint density at radius 3 is 2.79 bits per heavy atom. The summed E-state index contributed by atoms with van der Waals surface area (Å²) < 4.78 is 2.27. The van der Waals surface area contributed by atoms with Gasteiger partial charge >= 0.3 is 0 Å². The second-order valence-electron chi connectivity index (χ2n) is 8.20. The van der Waals surface area contributed by atoms with Gasteiger partial charge in [0.1, 0.15) is 5.82 Å². The van der Waals surface area contributed by atoms with E-state index in [0.717, 1.165) is 36.3 Å². The van der Waals surface area contributed by atoms with E-state index >= 15 is 0 Å². The van der Waals surface area contributed by atoms with Crippen LogP contribution in [0.2, 0.25) is 0 Å². The fraction of sp³-hybridized carbons (Fsp3) is 0.308. The molecule has 146 valence electrons. The lowest BCUT2D eigenvalue weighted by Gasteiger charge is -2.12. The number of para-hydroxylation sites is 1. The Bertz CT molecular complexity index is 1220. The molecule has 2 aromatic carbocycles. The van der Waals surface area contributed by atoms with Crippen molar-refractivity contribution in [2.75, 3.05) is 0 Å². The van der Waals surface area contributed by atoms with Gasteiger partial charge in [-0.2, -0.15) is 0 Å². The number of aryl methyl sites for hydroxylation is 3. The monoisotopic (exact) mass is 381 g/mol. The molecule has 3 heteroatoms. The molecular weight excluding hydrogens is 354 g/mol. The highest BCUT2D eigenvalue weighted by Crippen LogP contribution is 2.31. The topological polar surface area (TPSA) is 30.7 Å². The number of pyridine rings is 1. The lowest BCUT2D eigenvalue weighted by atomic mass is 9.93. The molecule has 0 bridgehead atoms. The first-order valence-electron chi connectivity index (χ1n) is 10.7. The Morgan fingerprint density at radius 1 is 1.00 bits per heavy atom. The van der Waals surface area contributed by atoms with E-state index in [1.165, 1.54) is 40.4 Å². The molecule has 1 unspecified atom stereocenters. The van der Waals surface area contributed by atoms with Gasteiger partial charge in [-0.05, 0) is 54.5 Å². The molecule has 0 amide bonds. The summed E-state index contributed by atoms with van der Waals surface area (Å²) in [5.41, 5.74) is 7.40. The smallest absolute Gasteiger partial charge is 0.109 e. The van der Waals surface area contributed by atoms with E-state index in [4.69, 9.17) is 9.97 Å². The highest BCUT2D eigenvalue weighted by atomic mass is 15.1. The number of imidazole rings is 1. The Balaban J connectivity index is 1.46. The minimum Gasteiger partial charge on any atom is -0.331 e. The number of aromatic nitrogens is 3. The van der Waals surface area contributed by atoms with Gasteiger partial charge in [-0.3, -0.25) is 4.98 Å². The second kappa shape index (κ2) is 7.47. The van der Waals surface area contributed by atoms with Crippen LogP contribution in [0.3, 0.4) is 0 Å². The maximum Gasteiger partial charge on any atom is 0.109 e. The molecule has 3 nitrogen and oxygen atoms in total. The number of nitrogens with zero attached hydrogens (tertiary/aromatic N) is 3. The molecule has 1 aliphatic rings. The molecule has 2 heterocycles. The van der Waals surface area contributed by atoms with Crippen LogP contribution in [-0.2, 0) is 26.3 Å². The molecule has 0 radical (unpaired) electrons. The number of fused-ring (bicyclic) bond motifs is 4. The average molecular weight is 382 g/mol. The molecule has 29 heavy (non-hydrogen) atoms. The summed E-state index contributed by atoms with van der Waals surface area (Å²) in [6.45, 7) is 2.30. The van der Waals surface area contributed by atoms with Crippen LogP contribution in [-0.4, -0.2) is 14.5 Å². The number of benzene rings is 2. The molecule has 0 aliphatic heterocycles. The lowest BCUT2D eigenvalue weighted by molar-refractivity contribution is 0.518. The van der Waals surface area contributed by atoms with Gasteiger partial charge in [0.05, 0.1) is 16.6 Å². The van der Waals surface area contributed by atoms with Gasteiger partial charge < -0.3 is 4.57 Å². The predicted molar refractivity (Wildman–Crippen MR) is 121 cm³/mol. The summed E-state index contributed by atoms with van der Waals surface area (Å²) in [6, 6.07) is 17.1. The fourth-order valence-electron chi connectivity index (χ4n) is 4.53. The van der Waals surface area contributed by atoms with Crippen LogP contribution in [0.4, 0.5) is 0 Å². The molecule has 0 N–H and O–H groups in total. The van der Waals surface area contributed by atoms with Crippen molar-refractivity contribution in [1.82, 2.24) is 14.5 Å². The Kier molecular flexibility index (Phi) is 4.67. The van der Waals surface area contributed by atoms with Crippen LogP contribution in [0.25, 0.3) is 28.0 Å². The van der Waals surface area contributed by atoms with E-state index in [1.54, 1.807) is 0 Å². The quantitative estimate of drug-likeness (QED) is 0.441. The molecule has 0 saturated carbocycles. The van der Waals surface area contributed by atoms with Crippen molar-refractivity contribution in [2.45, 2.75) is 39.0 Å². The molecule has 2 aromatic heterocycles. The van der Waals surface area contributed by atoms with Gasteiger partial charge in [0.15, 0.2) is 0 Å². The molecule has 0 spiro atoms. The van der Waals surface area contributed by atoms with E-state index in [1.807, 2.05) is 6.07 Å². The average Bonchev–Trinajstić information content (AvgIpc) is 2.94. The van der Waals surface area contributed by atoms with Crippen molar-refractivity contribution in [3.63, 3.8) is 0 Å². The Morgan fingerprint density at radius 2 is 1.90 bits per heavy atom. The normalized spacial score (nSPS) is 16.3. The summed E-state index contributed by atoms with van der Waals surface area (Å²) in [7, 11) is 2.15. The van der Waals surface area contributed by atoms with Crippen LogP contribution in [0.15, 0.2) is 54.6 Å². The first kappa shape index (κ1) is 18.1. The number of hydrogen-bond donors (Lipinski definition) is 0. The third-order valence-corrected chi connectivity index (χ3v) is 6.38. The van der Waals surface area contributed by atoms with Crippen LogP contribution < -0.4 is 0 Å². The molecule has 1 aliphatic carbocycles. The maximum atomic E-state index is 5.11. The summed E-state index contributed by atoms with van der Waals surface area (Å²) in [4.78, 5) is 9.95. The number of rotatable bonds is 4. The van der Waals surface area contributed by atoms with E-state index in [-0.39, 0.29) is 0 Å². The Hall–Kier alpha value is -2.94. The SMILES string of the molecule is CCC1CC=Cc2ccc3c(nc(CCc4ccc5ccccc5n4)n3C)c2C1. The first-order chi connectivity index (χ1) is 14.2. The van der Waals surface area contributed by atoms with Crippen LogP contribution in [0.1, 0.15) is 42.4 Å². The molecule has 4 aromatic rings. The second-order valence-corrected chi connectivity index (χ2v) is 8.20. The zero-order valence-electron chi connectivity index (χ0n) is 17.2. The third kappa shape index (κ3) is 3.35. The summed E-state index contributed by atoms with van der Waals surface area (Å²) >= 11 is 0. The summed E-state index contributed by atoms with van der Waals surface area (Å²) in [5, 5.41) is 1.19. The van der Waals surface area contributed by atoms with E-state index in [9.17, 15) is 0 Å². The van der Waals surface area contributed by atoms with Gasteiger partial charge in [-0.25, -0.2) is 4.98 Å². The van der Waals surface area contributed by atoms with Crippen molar-refractivity contribution >= 4 is 28.0 Å². The van der Waals surface area contributed by atoms with Crippen molar-refractivity contribution < 1.29 is 0 Å². The van der Waals surface area contributed by atoms with Gasteiger partial charge in [0.25, 0.3) is 0 Å². The summed E-state index contributed by atoms with van der Waals surface area (Å²) in [5.74, 6) is 1.86. The minimum atomic E-state index is 0.713. The van der Waals surface area contributed by atoms with Crippen LogP contribution in [0.5, 0.6) is 0 Å². The van der Waals surface area contributed by atoms with Crippen molar-refractivity contribution in [1.29, 1.82) is 0 Å². The molecule has 0 saturated heterocycles. The number of allylic oxidation sites excluding steroid dienone is 1. The maximum absolute atomic E-state index is 5.11. The molecule has 0 fully saturated rings. The number of hydrogen-bond acceptors (Lipinski definition) is 2. The zero-order valence-corrected chi connectivity index (χ0v) is 17.2. The standard InChI is InChI=1S/C26H27N3/c1-3-18-7-6-9-19-12-15-24-26(22(19)17-18)28-25(29(24)2)16-14-21-13-11-20-8-4-5-10-23(20)27-21/h4-6,8-13,15,18H,3,7,14,16-17H2,1-2H3. The van der Waals surface area contributed by atoms with E-state index < -0.39 is 0 Å². The summed E-state index contributed by atoms with van der Waals surface area (Å²) in [6.07, 6.45) is 9.94. The molecule has 5 rings (SSSR count). The minimum absolute atomic E-state index is 0.713. The van der Waals surface area contributed by atoms with Gasteiger partial charge in [0, 0.05) is 24.5 Å². The lowest BCUT2D eigenvalue weighted by Crippen LogP contribution is -2.02. The Labute approximate surface area is 172 Å². The van der Waals surface area contributed by atoms with Crippen molar-refractivity contribution in [3.05, 3.63) is 77.3 Å². The highest BCUT2D eigenvalue weighted by molar-refractivity contribution is 5.84. The van der Waals surface area contributed by atoms with Gasteiger partial charge in [0.2, 0.25) is 0 Å². The highest BCUT2D eigenvalue weighted by Gasteiger charge is 2.18.